The number of benzene rings is 4. The lowest BCUT2D eigenvalue weighted by Crippen LogP contribution is -2.63. The average molecular weight is 623 g/mol. The summed E-state index contributed by atoms with van der Waals surface area (Å²) >= 11 is 0. The van der Waals surface area contributed by atoms with Gasteiger partial charge in [-0.1, -0.05) is 60.7 Å². The van der Waals surface area contributed by atoms with E-state index < -0.39 is 59.5 Å². The summed E-state index contributed by atoms with van der Waals surface area (Å²) in [7, 11) is 0. The number of para-hydroxylation sites is 2. The molecule has 1 aliphatic carbocycles. The van der Waals surface area contributed by atoms with Gasteiger partial charge in [0, 0.05) is 0 Å². The molecule has 6 atom stereocenters. The zero-order valence-electron chi connectivity index (χ0n) is 25.2. The van der Waals surface area contributed by atoms with Crippen LogP contribution in [0.1, 0.15) is 37.1 Å². The average Bonchev–Trinajstić information content (AvgIpc) is 3.02. The van der Waals surface area contributed by atoms with Crippen LogP contribution in [0.3, 0.4) is 0 Å². The molecule has 0 saturated heterocycles. The molecule has 0 spiro atoms. The number of carboxylic acid groups (broad SMARTS) is 2. The topological polar surface area (TPSA) is 151 Å². The van der Waals surface area contributed by atoms with E-state index >= 15 is 0 Å². The zero-order valence-corrected chi connectivity index (χ0v) is 25.2. The molecule has 2 amide bonds. The molecule has 0 aliphatic heterocycles. The summed E-state index contributed by atoms with van der Waals surface area (Å²) in [5, 5.41) is 25.3. The molecular weight excluding hydrogens is 588 g/mol. The molecule has 1 fully saturated rings. The molecule has 4 aromatic rings. The second-order valence-electron chi connectivity index (χ2n) is 11.2. The molecule has 10 heteroatoms. The predicted molar refractivity (Wildman–Crippen MR) is 168 cm³/mol. The third-order valence-corrected chi connectivity index (χ3v) is 8.16. The van der Waals surface area contributed by atoms with E-state index in [-0.39, 0.29) is 0 Å². The Balaban J connectivity index is 1.26. The molecule has 1 aliphatic rings. The number of carbonyl (C=O) groups excluding carboxylic acids is 2. The Morgan fingerprint density at radius 1 is 0.500 bits per heavy atom. The summed E-state index contributed by atoms with van der Waals surface area (Å²) in [6.45, 7) is 3.44. The summed E-state index contributed by atoms with van der Waals surface area (Å²) in [4.78, 5) is 51.2. The van der Waals surface area contributed by atoms with E-state index in [1.165, 1.54) is 0 Å². The maximum Gasteiger partial charge on any atom is 0.308 e. The summed E-state index contributed by atoms with van der Waals surface area (Å²) in [5.41, 5.74) is 1.42. The first-order valence-electron chi connectivity index (χ1n) is 14.8. The monoisotopic (exact) mass is 622 g/mol. The molecule has 46 heavy (non-hydrogen) atoms. The highest BCUT2D eigenvalue weighted by molar-refractivity contribution is 5.99. The minimum absolute atomic E-state index is 0.559. The summed E-state index contributed by atoms with van der Waals surface area (Å²) in [5.74, 6) is -7.69. The van der Waals surface area contributed by atoms with Crippen LogP contribution < -0.4 is 20.1 Å². The molecule has 1 saturated carbocycles. The van der Waals surface area contributed by atoms with Crippen molar-refractivity contribution >= 4 is 23.8 Å². The van der Waals surface area contributed by atoms with Crippen LogP contribution in [0.5, 0.6) is 23.0 Å². The van der Waals surface area contributed by atoms with Gasteiger partial charge in [-0.3, -0.25) is 19.2 Å². The first-order valence-corrected chi connectivity index (χ1v) is 14.8. The summed E-state index contributed by atoms with van der Waals surface area (Å²) in [6, 6.07) is 31.4. The van der Waals surface area contributed by atoms with Crippen molar-refractivity contribution < 1.29 is 38.9 Å². The SMILES string of the molecule is C[C@@H](NC(=O)[C@H]1[C@@H](C(=O)O)[C@H](C(=O)O)[C@@H]1C(=O)N[C@H](C)c1ccc(Oc2ccccc2)cc1)c1ccc(Oc2ccccc2)cc1. The van der Waals surface area contributed by atoms with Crippen molar-refractivity contribution in [3.63, 3.8) is 0 Å². The van der Waals surface area contributed by atoms with E-state index in [2.05, 4.69) is 10.6 Å². The molecule has 4 N–H and O–H groups in total. The maximum atomic E-state index is 13.5. The zero-order chi connectivity index (χ0) is 32.8. The molecule has 0 aromatic heterocycles. The van der Waals surface area contributed by atoms with Gasteiger partial charge in [0.05, 0.1) is 35.8 Å². The van der Waals surface area contributed by atoms with Gasteiger partial charge in [-0.2, -0.15) is 0 Å². The van der Waals surface area contributed by atoms with E-state index in [1.54, 1.807) is 62.4 Å². The highest BCUT2D eigenvalue weighted by atomic mass is 16.5. The lowest BCUT2D eigenvalue weighted by atomic mass is 9.55. The van der Waals surface area contributed by atoms with Gasteiger partial charge >= 0.3 is 11.9 Å². The number of hydrogen-bond acceptors (Lipinski definition) is 6. The first kappa shape index (κ1) is 31.8. The Morgan fingerprint density at radius 2 is 0.804 bits per heavy atom. The van der Waals surface area contributed by atoms with Gasteiger partial charge < -0.3 is 30.3 Å². The largest absolute Gasteiger partial charge is 0.481 e. The van der Waals surface area contributed by atoms with E-state index in [1.807, 2.05) is 60.7 Å². The number of carboxylic acids is 2. The normalized spacial score (nSPS) is 19.9. The first-order chi connectivity index (χ1) is 22.1. The Hall–Kier alpha value is -5.64. The van der Waals surface area contributed by atoms with Crippen LogP contribution in [0.2, 0.25) is 0 Å². The molecule has 4 aromatic carbocycles. The Kier molecular flexibility index (Phi) is 9.66. The van der Waals surface area contributed by atoms with Crippen molar-refractivity contribution in [3.8, 4) is 23.0 Å². The van der Waals surface area contributed by atoms with Gasteiger partial charge in [-0.15, -0.1) is 0 Å². The second-order valence-corrected chi connectivity index (χ2v) is 11.2. The molecule has 0 unspecified atom stereocenters. The van der Waals surface area contributed by atoms with Gasteiger partial charge in [0.15, 0.2) is 0 Å². The third kappa shape index (κ3) is 7.18. The molecule has 10 nitrogen and oxygen atoms in total. The Labute approximate surface area is 266 Å². The number of aliphatic carboxylic acids is 2. The van der Waals surface area contributed by atoms with Crippen LogP contribution in [-0.2, 0) is 19.2 Å². The van der Waals surface area contributed by atoms with Crippen molar-refractivity contribution in [3.05, 3.63) is 120 Å². The lowest BCUT2D eigenvalue weighted by Gasteiger charge is -2.46. The number of hydrogen-bond donors (Lipinski definition) is 4. The number of amides is 2. The van der Waals surface area contributed by atoms with E-state index in [9.17, 15) is 29.4 Å². The molecule has 236 valence electrons. The van der Waals surface area contributed by atoms with Crippen LogP contribution in [0.25, 0.3) is 0 Å². The second kappa shape index (κ2) is 14.0. The smallest absolute Gasteiger partial charge is 0.308 e. The standard InChI is InChI=1S/C36H34N2O8/c1-21(23-13-17-27(18-14-23)45-25-9-5-3-6-10-25)37-33(39)29-30(32(36(43)44)31(29)35(41)42)34(40)38-22(2)24-15-19-28(20-16-24)46-26-11-7-4-8-12-26/h3-22,29-32H,1-2H3,(H,37,39)(H,38,40)(H,41,42)(H,43,44)/t21-,22-,29-,30-,31-,32-/m1/s1. The van der Waals surface area contributed by atoms with Crippen LogP contribution >= 0.6 is 0 Å². The maximum absolute atomic E-state index is 13.5. The highest BCUT2D eigenvalue weighted by Gasteiger charge is 2.63. The minimum atomic E-state index is -1.56. The van der Waals surface area contributed by atoms with Gasteiger partial charge in [-0.25, -0.2) is 0 Å². The molecule has 0 heterocycles. The third-order valence-electron chi connectivity index (χ3n) is 8.16. The van der Waals surface area contributed by atoms with Crippen molar-refractivity contribution in [1.29, 1.82) is 0 Å². The van der Waals surface area contributed by atoms with Crippen LogP contribution in [-0.4, -0.2) is 34.0 Å². The quantitative estimate of drug-likeness (QED) is 0.151. The van der Waals surface area contributed by atoms with Crippen molar-refractivity contribution in [2.24, 2.45) is 23.7 Å². The van der Waals surface area contributed by atoms with Gasteiger partial charge in [0.25, 0.3) is 0 Å². The lowest BCUT2D eigenvalue weighted by molar-refractivity contribution is -0.182. The van der Waals surface area contributed by atoms with Gasteiger partial charge in [-0.05, 0) is 73.5 Å². The fraction of sp³-hybridized carbons (Fsp3) is 0.222. The summed E-state index contributed by atoms with van der Waals surface area (Å²) in [6.07, 6.45) is 0. The van der Waals surface area contributed by atoms with E-state index in [0.717, 1.165) is 0 Å². The van der Waals surface area contributed by atoms with Gasteiger partial charge in [0.2, 0.25) is 11.8 Å². The fourth-order valence-corrected chi connectivity index (χ4v) is 5.70. The van der Waals surface area contributed by atoms with Crippen molar-refractivity contribution in [2.45, 2.75) is 25.9 Å². The number of rotatable bonds is 12. The highest BCUT2D eigenvalue weighted by Crippen LogP contribution is 2.47. The van der Waals surface area contributed by atoms with Crippen LogP contribution in [0, 0.1) is 23.7 Å². The van der Waals surface area contributed by atoms with Crippen molar-refractivity contribution in [1.82, 2.24) is 10.6 Å². The molecule has 0 radical (unpaired) electrons. The molecule has 0 bridgehead atoms. The molecule has 5 rings (SSSR count). The number of carbonyl (C=O) groups is 4. The van der Waals surface area contributed by atoms with Crippen LogP contribution in [0.4, 0.5) is 0 Å². The predicted octanol–water partition coefficient (Wildman–Crippen LogP) is 5.97. The minimum Gasteiger partial charge on any atom is -0.481 e. The number of ether oxygens (including phenoxy) is 2. The van der Waals surface area contributed by atoms with Crippen LogP contribution in [0.15, 0.2) is 109 Å². The van der Waals surface area contributed by atoms with Crippen molar-refractivity contribution in [2.75, 3.05) is 0 Å². The Bertz CT molecular complexity index is 1550. The fourth-order valence-electron chi connectivity index (χ4n) is 5.70. The van der Waals surface area contributed by atoms with E-state index in [0.29, 0.717) is 34.1 Å². The van der Waals surface area contributed by atoms with E-state index in [4.69, 9.17) is 9.47 Å². The summed E-state index contributed by atoms with van der Waals surface area (Å²) < 4.78 is 11.6. The molecular formula is C36H34N2O8. The Morgan fingerprint density at radius 3 is 1.11 bits per heavy atom. The number of nitrogens with one attached hydrogen (secondary N) is 2. The van der Waals surface area contributed by atoms with Gasteiger partial charge in [0.1, 0.15) is 23.0 Å².